The van der Waals surface area contributed by atoms with Crippen LogP contribution in [0.15, 0.2) is 12.7 Å². The van der Waals surface area contributed by atoms with Gasteiger partial charge in [0.05, 0.1) is 6.61 Å². The van der Waals surface area contributed by atoms with Gasteiger partial charge in [0.2, 0.25) is 0 Å². The van der Waals surface area contributed by atoms with Crippen molar-refractivity contribution in [1.82, 2.24) is 5.32 Å². The van der Waals surface area contributed by atoms with Crippen LogP contribution in [0.4, 0.5) is 0 Å². The van der Waals surface area contributed by atoms with Crippen molar-refractivity contribution in [3.63, 3.8) is 0 Å². The predicted molar refractivity (Wildman–Crippen MR) is 46.8 cm³/mol. The van der Waals surface area contributed by atoms with Crippen LogP contribution >= 0.6 is 0 Å². The molecule has 0 amide bonds. The van der Waals surface area contributed by atoms with Crippen molar-refractivity contribution in [2.45, 2.75) is 6.42 Å². The lowest BCUT2D eigenvalue weighted by Gasteiger charge is -2.02. The molecule has 0 unspecified atom stereocenters. The first-order valence-corrected chi connectivity index (χ1v) is 3.70. The van der Waals surface area contributed by atoms with Crippen molar-refractivity contribution in [2.75, 3.05) is 13.2 Å². The van der Waals surface area contributed by atoms with Crippen LogP contribution in [-0.4, -0.2) is 25.1 Å². The lowest BCUT2D eigenvalue weighted by molar-refractivity contribution is -0.267. The maximum absolute atomic E-state index is 10.4. The normalized spacial score (nSPS) is 8.92. The fourth-order valence-electron chi connectivity index (χ4n) is 0.488. The molecule has 6 nitrogen and oxygen atoms in total. The van der Waals surface area contributed by atoms with E-state index in [2.05, 4.69) is 21.7 Å². The Kier molecular flexibility index (Phi) is 6.26. The summed E-state index contributed by atoms with van der Waals surface area (Å²) < 4.78 is 0. The Morgan fingerprint density at radius 1 is 1.69 bits per heavy atom. The number of nitrogens with two attached hydrogens (primary N) is 1. The average Bonchev–Trinajstić information content (AvgIpc) is 2.10. The van der Waals surface area contributed by atoms with E-state index in [1.165, 1.54) is 0 Å². The van der Waals surface area contributed by atoms with E-state index in [1.807, 2.05) is 0 Å². The van der Waals surface area contributed by atoms with E-state index in [9.17, 15) is 4.79 Å². The molecular formula is C7H13N3O3. The van der Waals surface area contributed by atoms with Crippen LogP contribution in [0.25, 0.3) is 0 Å². The SMILES string of the molecule is C=CC(=O)OOCCCNC(=N)N. The zero-order valence-corrected chi connectivity index (χ0v) is 7.21. The van der Waals surface area contributed by atoms with Gasteiger partial charge in [-0.25, -0.2) is 4.79 Å². The van der Waals surface area contributed by atoms with E-state index < -0.39 is 5.97 Å². The summed E-state index contributed by atoms with van der Waals surface area (Å²) >= 11 is 0. The van der Waals surface area contributed by atoms with Crippen molar-refractivity contribution in [3.05, 3.63) is 12.7 Å². The third-order valence-electron chi connectivity index (χ3n) is 1.03. The van der Waals surface area contributed by atoms with Crippen LogP contribution in [0.3, 0.4) is 0 Å². The highest BCUT2D eigenvalue weighted by atomic mass is 17.2. The molecule has 0 aliphatic carbocycles. The maximum Gasteiger partial charge on any atom is 0.365 e. The van der Waals surface area contributed by atoms with E-state index in [4.69, 9.17) is 11.1 Å². The molecule has 4 N–H and O–H groups in total. The van der Waals surface area contributed by atoms with Crippen molar-refractivity contribution < 1.29 is 14.6 Å². The van der Waals surface area contributed by atoms with Crippen LogP contribution in [0.5, 0.6) is 0 Å². The van der Waals surface area contributed by atoms with Gasteiger partial charge in [0, 0.05) is 12.6 Å². The quantitative estimate of drug-likeness (QED) is 0.130. The number of carbonyl (C=O) groups excluding carboxylic acids is 1. The van der Waals surface area contributed by atoms with Gasteiger partial charge in [0.1, 0.15) is 0 Å². The summed E-state index contributed by atoms with van der Waals surface area (Å²) in [6, 6.07) is 0. The van der Waals surface area contributed by atoms with E-state index in [0.29, 0.717) is 13.0 Å². The molecule has 0 aromatic rings. The minimum atomic E-state index is -0.625. The summed E-state index contributed by atoms with van der Waals surface area (Å²) in [6.45, 7) is 3.94. The highest BCUT2D eigenvalue weighted by molar-refractivity contribution is 5.80. The van der Waals surface area contributed by atoms with Gasteiger partial charge in [-0.05, 0) is 6.42 Å². The zero-order valence-electron chi connectivity index (χ0n) is 7.21. The molecule has 0 bridgehead atoms. The maximum atomic E-state index is 10.4. The van der Waals surface area contributed by atoms with E-state index in [1.54, 1.807) is 0 Å². The Labute approximate surface area is 76.1 Å². The molecular weight excluding hydrogens is 174 g/mol. The average molecular weight is 187 g/mol. The highest BCUT2D eigenvalue weighted by Gasteiger charge is 1.95. The zero-order chi connectivity index (χ0) is 10.1. The summed E-state index contributed by atoms with van der Waals surface area (Å²) in [4.78, 5) is 19.1. The fourth-order valence-corrected chi connectivity index (χ4v) is 0.488. The monoisotopic (exact) mass is 187 g/mol. The van der Waals surface area contributed by atoms with Gasteiger partial charge in [-0.2, -0.15) is 4.89 Å². The summed E-state index contributed by atoms with van der Waals surface area (Å²) in [5, 5.41) is 9.37. The largest absolute Gasteiger partial charge is 0.370 e. The summed E-state index contributed by atoms with van der Waals surface area (Å²) in [6.07, 6.45) is 1.60. The molecule has 13 heavy (non-hydrogen) atoms. The van der Waals surface area contributed by atoms with Crippen LogP contribution in [0, 0.1) is 5.41 Å². The lowest BCUT2D eigenvalue weighted by atomic mass is 10.4. The van der Waals surface area contributed by atoms with E-state index in [-0.39, 0.29) is 12.6 Å². The third-order valence-corrected chi connectivity index (χ3v) is 1.03. The summed E-state index contributed by atoms with van der Waals surface area (Å²) in [7, 11) is 0. The molecule has 0 heterocycles. The topological polar surface area (TPSA) is 97.4 Å². The van der Waals surface area contributed by atoms with Gasteiger partial charge >= 0.3 is 5.97 Å². The first-order chi connectivity index (χ1) is 6.16. The van der Waals surface area contributed by atoms with Gasteiger partial charge in [-0.15, -0.1) is 0 Å². The van der Waals surface area contributed by atoms with E-state index in [0.717, 1.165) is 6.08 Å². The van der Waals surface area contributed by atoms with Gasteiger partial charge in [0.25, 0.3) is 0 Å². The fraction of sp³-hybridized carbons (Fsp3) is 0.429. The van der Waals surface area contributed by atoms with Gasteiger partial charge < -0.3 is 11.1 Å². The minimum absolute atomic E-state index is 0.0944. The van der Waals surface area contributed by atoms with Crippen LogP contribution < -0.4 is 11.1 Å². The Bertz CT molecular complexity index is 193. The third kappa shape index (κ3) is 8.35. The standard InChI is InChI=1S/C7H13N3O3/c1-2-6(11)13-12-5-3-4-10-7(8)9/h2H,1,3-5H2,(H4,8,9,10). The van der Waals surface area contributed by atoms with Gasteiger partial charge in [0.15, 0.2) is 5.96 Å². The van der Waals surface area contributed by atoms with Crippen molar-refractivity contribution in [2.24, 2.45) is 5.73 Å². The number of nitrogens with one attached hydrogen (secondary N) is 2. The molecule has 0 saturated heterocycles. The molecule has 0 atom stereocenters. The summed E-state index contributed by atoms with van der Waals surface area (Å²) in [5.41, 5.74) is 5.01. The molecule has 74 valence electrons. The number of hydrogen-bond acceptors (Lipinski definition) is 4. The Morgan fingerprint density at radius 2 is 2.38 bits per heavy atom. The highest BCUT2D eigenvalue weighted by Crippen LogP contribution is 1.84. The molecule has 6 heteroatoms. The molecule has 0 saturated carbocycles. The Balaban J connectivity index is 3.12. The molecule has 0 fully saturated rings. The smallest absolute Gasteiger partial charge is 0.365 e. The van der Waals surface area contributed by atoms with Gasteiger partial charge in [-0.3, -0.25) is 10.3 Å². The molecule has 0 aromatic carbocycles. The van der Waals surface area contributed by atoms with Crippen LogP contribution in [0.1, 0.15) is 6.42 Å². The van der Waals surface area contributed by atoms with Crippen molar-refractivity contribution in [1.29, 1.82) is 5.41 Å². The predicted octanol–water partition coefficient (Wildman–Crippen LogP) is -0.480. The Morgan fingerprint density at radius 3 is 2.92 bits per heavy atom. The first kappa shape index (κ1) is 11.4. The number of rotatable bonds is 6. The summed E-state index contributed by atoms with van der Waals surface area (Å²) in [5.74, 6) is -0.720. The minimum Gasteiger partial charge on any atom is -0.370 e. The molecule has 0 aliphatic heterocycles. The van der Waals surface area contributed by atoms with Gasteiger partial charge in [-0.1, -0.05) is 6.58 Å². The lowest BCUT2D eigenvalue weighted by Crippen LogP contribution is -2.31. The molecule has 0 aromatic heterocycles. The van der Waals surface area contributed by atoms with Crippen molar-refractivity contribution >= 4 is 11.9 Å². The molecule has 0 radical (unpaired) electrons. The number of hydrogen-bond donors (Lipinski definition) is 3. The second-order valence-electron chi connectivity index (χ2n) is 2.12. The van der Waals surface area contributed by atoms with E-state index >= 15 is 0 Å². The second kappa shape index (κ2) is 7.11. The van der Waals surface area contributed by atoms with Crippen LogP contribution in [-0.2, 0) is 14.6 Å². The first-order valence-electron chi connectivity index (χ1n) is 3.70. The van der Waals surface area contributed by atoms with Crippen LogP contribution in [0.2, 0.25) is 0 Å². The molecule has 0 aliphatic rings. The molecule has 0 spiro atoms. The second-order valence-corrected chi connectivity index (χ2v) is 2.12. The number of guanidine groups is 1. The Hall–Kier alpha value is -1.56. The van der Waals surface area contributed by atoms with Crippen molar-refractivity contribution in [3.8, 4) is 0 Å². The number of carbonyl (C=O) groups is 1. The molecule has 0 rings (SSSR count).